The maximum Gasteiger partial charge on any atom is 0.242 e. The number of nitrogen functional groups attached to an aromatic ring is 1. The number of benzene rings is 1. The van der Waals surface area contributed by atoms with Gasteiger partial charge in [0, 0.05) is 15.9 Å². The lowest BCUT2D eigenvalue weighted by Gasteiger charge is -2.09. The van der Waals surface area contributed by atoms with E-state index in [1.54, 1.807) is 18.2 Å². The van der Waals surface area contributed by atoms with Crippen molar-refractivity contribution in [2.24, 2.45) is 0 Å². The second-order valence-corrected chi connectivity index (χ2v) is 6.87. The molecule has 0 spiro atoms. The molecule has 0 saturated carbocycles. The highest BCUT2D eigenvalue weighted by atomic mass is 79.9. The number of anilines is 1. The van der Waals surface area contributed by atoms with E-state index in [9.17, 15) is 8.42 Å². The first-order valence-corrected chi connectivity index (χ1v) is 8.13. The van der Waals surface area contributed by atoms with Gasteiger partial charge in [0.2, 0.25) is 10.0 Å². The molecule has 5 nitrogen and oxygen atoms in total. The summed E-state index contributed by atoms with van der Waals surface area (Å²) in [6, 6.07) is 10.0. The largest absolute Gasteiger partial charge is 0.399 e. The van der Waals surface area contributed by atoms with Crippen molar-refractivity contribution in [3.8, 4) is 0 Å². The van der Waals surface area contributed by atoms with Crippen molar-refractivity contribution in [2.45, 2.75) is 18.4 Å². The molecule has 0 atom stereocenters. The summed E-state index contributed by atoms with van der Waals surface area (Å²) in [5, 5.41) is 0. The molecular formula is C13H14BrN3O2S. The summed E-state index contributed by atoms with van der Waals surface area (Å²) >= 11 is 3.21. The van der Waals surface area contributed by atoms with E-state index in [2.05, 4.69) is 25.6 Å². The van der Waals surface area contributed by atoms with Crippen LogP contribution in [0.4, 0.5) is 5.69 Å². The number of nitrogens with one attached hydrogen (secondary N) is 1. The van der Waals surface area contributed by atoms with Crippen LogP contribution < -0.4 is 10.5 Å². The molecule has 0 unspecified atom stereocenters. The number of pyridine rings is 1. The third-order valence-corrected chi connectivity index (χ3v) is 5.01. The summed E-state index contributed by atoms with van der Waals surface area (Å²) in [5.41, 5.74) is 7.60. The Kier molecular flexibility index (Phi) is 4.42. The molecule has 20 heavy (non-hydrogen) atoms. The summed E-state index contributed by atoms with van der Waals surface area (Å²) in [4.78, 5) is 4.40. The average Bonchev–Trinajstić information content (AvgIpc) is 2.36. The fraction of sp³-hybridized carbons (Fsp3) is 0.154. The number of aromatic nitrogens is 1. The average molecular weight is 356 g/mol. The molecule has 3 N–H and O–H groups in total. The molecule has 0 aliphatic heterocycles. The Morgan fingerprint density at radius 3 is 2.70 bits per heavy atom. The first kappa shape index (κ1) is 15.0. The van der Waals surface area contributed by atoms with Crippen molar-refractivity contribution in [3.63, 3.8) is 0 Å². The van der Waals surface area contributed by atoms with Crippen LogP contribution in [0.3, 0.4) is 0 Å². The fourth-order valence-corrected chi connectivity index (χ4v) is 3.77. The first-order valence-electron chi connectivity index (χ1n) is 5.86. The minimum Gasteiger partial charge on any atom is -0.399 e. The zero-order chi connectivity index (χ0) is 14.8. The van der Waals surface area contributed by atoms with E-state index in [4.69, 9.17) is 5.73 Å². The molecular weight excluding hydrogens is 342 g/mol. The van der Waals surface area contributed by atoms with Crippen LogP contribution in [-0.2, 0) is 16.6 Å². The maximum atomic E-state index is 12.2. The van der Waals surface area contributed by atoms with Crippen molar-refractivity contribution in [3.05, 3.63) is 52.3 Å². The van der Waals surface area contributed by atoms with Gasteiger partial charge < -0.3 is 5.73 Å². The standard InChI is InChI=1S/C13H14BrN3O2S/c1-9-3-2-4-11(17-9)8-16-20(18,19)13-6-5-10(15)7-12(13)14/h2-7,16H,8,15H2,1H3. The molecule has 0 saturated heterocycles. The molecule has 1 heterocycles. The molecule has 1 aromatic heterocycles. The van der Waals surface area contributed by atoms with E-state index >= 15 is 0 Å². The number of halogens is 1. The Morgan fingerprint density at radius 1 is 1.30 bits per heavy atom. The first-order chi connectivity index (χ1) is 9.38. The Balaban J connectivity index is 2.19. The van der Waals surface area contributed by atoms with Gasteiger partial charge in [-0.25, -0.2) is 13.1 Å². The zero-order valence-corrected chi connectivity index (χ0v) is 13.2. The molecule has 106 valence electrons. The van der Waals surface area contributed by atoms with Gasteiger partial charge in [-0.1, -0.05) is 6.07 Å². The molecule has 0 radical (unpaired) electrons. The van der Waals surface area contributed by atoms with E-state index < -0.39 is 10.0 Å². The highest BCUT2D eigenvalue weighted by Gasteiger charge is 2.17. The van der Waals surface area contributed by atoms with Gasteiger partial charge in [0.25, 0.3) is 0 Å². The van der Waals surface area contributed by atoms with Crippen molar-refractivity contribution >= 4 is 31.6 Å². The lowest BCUT2D eigenvalue weighted by Crippen LogP contribution is -2.24. The van der Waals surface area contributed by atoms with Gasteiger partial charge in [-0.2, -0.15) is 0 Å². The smallest absolute Gasteiger partial charge is 0.242 e. The summed E-state index contributed by atoms with van der Waals surface area (Å²) in [5.74, 6) is 0. The van der Waals surface area contributed by atoms with E-state index in [1.807, 2.05) is 19.1 Å². The molecule has 7 heteroatoms. The number of nitrogens with two attached hydrogens (primary N) is 1. The number of aryl methyl sites for hydroxylation is 1. The monoisotopic (exact) mass is 355 g/mol. The highest BCUT2D eigenvalue weighted by Crippen LogP contribution is 2.24. The molecule has 0 aliphatic rings. The molecule has 0 aliphatic carbocycles. The normalized spacial score (nSPS) is 11.5. The Hall–Kier alpha value is -1.44. The SMILES string of the molecule is Cc1cccc(CNS(=O)(=O)c2ccc(N)cc2Br)n1. The van der Waals surface area contributed by atoms with E-state index in [1.165, 1.54) is 6.07 Å². The fourth-order valence-electron chi connectivity index (χ4n) is 1.68. The Labute approximate surface area is 126 Å². The van der Waals surface area contributed by atoms with Crippen molar-refractivity contribution < 1.29 is 8.42 Å². The molecule has 0 bridgehead atoms. The third-order valence-electron chi connectivity index (χ3n) is 2.63. The van der Waals surface area contributed by atoms with Crippen LogP contribution in [0.1, 0.15) is 11.4 Å². The summed E-state index contributed by atoms with van der Waals surface area (Å²) in [6.07, 6.45) is 0. The number of hydrogen-bond donors (Lipinski definition) is 2. The van der Waals surface area contributed by atoms with Crippen LogP contribution in [0.25, 0.3) is 0 Å². The maximum absolute atomic E-state index is 12.2. The van der Waals surface area contributed by atoms with Gasteiger partial charge in [0.15, 0.2) is 0 Å². The molecule has 0 fully saturated rings. The number of nitrogens with zero attached hydrogens (tertiary/aromatic N) is 1. The van der Waals surface area contributed by atoms with Crippen LogP contribution in [0.15, 0.2) is 45.8 Å². The minimum absolute atomic E-state index is 0.140. The molecule has 1 aromatic carbocycles. The third kappa shape index (κ3) is 3.56. The van der Waals surface area contributed by atoms with Crippen LogP contribution in [0.5, 0.6) is 0 Å². The Morgan fingerprint density at radius 2 is 2.05 bits per heavy atom. The minimum atomic E-state index is -3.61. The summed E-state index contributed by atoms with van der Waals surface area (Å²) in [7, 11) is -3.61. The van der Waals surface area contributed by atoms with E-state index in [0.29, 0.717) is 15.9 Å². The summed E-state index contributed by atoms with van der Waals surface area (Å²) < 4.78 is 27.4. The van der Waals surface area contributed by atoms with Gasteiger partial charge in [-0.05, 0) is 53.2 Å². The number of sulfonamides is 1. The Bertz CT molecular complexity index is 732. The van der Waals surface area contributed by atoms with Crippen molar-refractivity contribution in [1.82, 2.24) is 9.71 Å². The van der Waals surface area contributed by atoms with E-state index in [0.717, 1.165) is 5.69 Å². The molecule has 0 amide bonds. The quantitative estimate of drug-likeness (QED) is 0.823. The van der Waals surface area contributed by atoms with Gasteiger partial charge in [0.05, 0.1) is 17.1 Å². The van der Waals surface area contributed by atoms with Crippen LogP contribution in [0.2, 0.25) is 0 Å². The topological polar surface area (TPSA) is 85.1 Å². The molecule has 2 aromatic rings. The highest BCUT2D eigenvalue weighted by molar-refractivity contribution is 9.10. The van der Waals surface area contributed by atoms with Gasteiger partial charge in [-0.3, -0.25) is 4.98 Å². The second-order valence-electron chi connectivity index (χ2n) is 4.28. The lowest BCUT2D eigenvalue weighted by molar-refractivity contribution is 0.580. The van der Waals surface area contributed by atoms with Crippen molar-refractivity contribution in [2.75, 3.05) is 5.73 Å². The van der Waals surface area contributed by atoms with Crippen LogP contribution >= 0.6 is 15.9 Å². The predicted octanol–water partition coefficient (Wildman–Crippen LogP) is 2.21. The van der Waals surface area contributed by atoms with Gasteiger partial charge >= 0.3 is 0 Å². The number of hydrogen-bond acceptors (Lipinski definition) is 4. The zero-order valence-electron chi connectivity index (χ0n) is 10.8. The van der Waals surface area contributed by atoms with Gasteiger partial charge in [-0.15, -0.1) is 0 Å². The van der Waals surface area contributed by atoms with Crippen LogP contribution in [-0.4, -0.2) is 13.4 Å². The second kappa shape index (κ2) is 5.90. The predicted molar refractivity (Wildman–Crippen MR) is 81.6 cm³/mol. The molecule has 2 rings (SSSR count). The summed E-state index contributed by atoms with van der Waals surface area (Å²) in [6.45, 7) is 2.00. The van der Waals surface area contributed by atoms with Gasteiger partial charge in [0.1, 0.15) is 0 Å². The van der Waals surface area contributed by atoms with Crippen molar-refractivity contribution in [1.29, 1.82) is 0 Å². The van der Waals surface area contributed by atoms with Crippen LogP contribution in [0, 0.1) is 6.92 Å². The lowest BCUT2D eigenvalue weighted by atomic mass is 10.3. The number of rotatable bonds is 4. The van der Waals surface area contributed by atoms with E-state index in [-0.39, 0.29) is 11.4 Å².